The Morgan fingerprint density at radius 1 is 1.29 bits per heavy atom. The molecule has 1 N–H and O–H groups in total. The number of hydrogen-bond donors (Lipinski definition) is 1. The minimum atomic E-state index is -0.996. The molecule has 1 aromatic carbocycles. The summed E-state index contributed by atoms with van der Waals surface area (Å²) in [5.41, 5.74) is 3.31. The molecule has 1 aliphatic rings. The van der Waals surface area contributed by atoms with Crippen LogP contribution in [0.2, 0.25) is 5.02 Å². The predicted octanol–water partition coefficient (Wildman–Crippen LogP) is 2.19. The molecule has 126 valence electrons. The van der Waals surface area contributed by atoms with E-state index in [1.54, 1.807) is 13.8 Å². The predicted molar refractivity (Wildman–Crippen MR) is 88.8 cm³/mol. The van der Waals surface area contributed by atoms with Crippen LogP contribution in [0.1, 0.15) is 22.5 Å². The van der Waals surface area contributed by atoms with E-state index in [0.717, 1.165) is 11.1 Å². The number of fused-ring (bicyclic) bond motifs is 1. The number of hydrogen-bond acceptors (Lipinski definition) is 3. The van der Waals surface area contributed by atoms with E-state index >= 15 is 0 Å². The average molecular weight is 348 g/mol. The Kier molecular flexibility index (Phi) is 4.32. The lowest BCUT2D eigenvalue weighted by atomic mass is 9.94. The van der Waals surface area contributed by atoms with Crippen molar-refractivity contribution in [1.29, 1.82) is 0 Å². The van der Waals surface area contributed by atoms with Gasteiger partial charge in [0.15, 0.2) is 0 Å². The van der Waals surface area contributed by atoms with Crippen molar-refractivity contribution in [3.63, 3.8) is 0 Å². The van der Waals surface area contributed by atoms with Crippen LogP contribution in [0.5, 0.6) is 0 Å². The molecular weight excluding hydrogens is 330 g/mol. The molecule has 1 unspecified atom stereocenters. The van der Waals surface area contributed by atoms with Crippen LogP contribution in [0.15, 0.2) is 24.3 Å². The Hall–Kier alpha value is -2.34. The van der Waals surface area contributed by atoms with E-state index < -0.39 is 12.0 Å². The Labute approximate surface area is 144 Å². The molecule has 0 spiro atoms. The molecule has 2 aromatic rings. The second-order valence-electron chi connectivity index (χ2n) is 5.99. The molecule has 0 saturated heterocycles. The summed E-state index contributed by atoms with van der Waals surface area (Å²) in [4.78, 5) is 25.8. The van der Waals surface area contributed by atoms with Crippen molar-refractivity contribution < 1.29 is 14.7 Å². The van der Waals surface area contributed by atoms with Crippen molar-refractivity contribution in [2.24, 2.45) is 0 Å². The van der Waals surface area contributed by atoms with Gasteiger partial charge in [-0.1, -0.05) is 35.9 Å². The van der Waals surface area contributed by atoms with Crippen LogP contribution in [0.3, 0.4) is 0 Å². The minimum Gasteiger partial charge on any atom is -0.480 e. The summed E-state index contributed by atoms with van der Waals surface area (Å²) >= 11 is 6.11. The lowest BCUT2D eigenvalue weighted by Crippen LogP contribution is -2.49. The third kappa shape index (κ3) is 2.89. The molecular formula is C17H18ClN3O3. The monoisotopic (exact) mass is 347 g/mol. The molecule has 0 radical (unpaired) electrons. The van der Waals surface area contributed by atoms with Crippen LogP contribution >= 0.6 is 11.6 Å². The molecule has 2 heterocycles. The first-order valence-corrected chi connectivity index (χ1v) is 8.05. The van der Waals surface area contributed by atoms with Crippen LogP contribution in [0.4, 0.5) is 0 Å². The molecule has 1 atom stereocenters. The van der Waals surface area contributed by atoms with Gasteiger partial charge < -0.3 is 10.0 Å². The van der Waals surface area contributed by atoms with Crippen LogP contribution in [-0.2, 0) is 29.1 Å². The summed E-state index contributed by atoms with van der Waals surface area (Å²) in [7, 11) is 0. The molecule has 1 aromatic heterocycles. The summed E-state index contributed by atoms with van der Waals surface area (Å²) < 4.78 is 1.53. The van der Waals surface area contributed by atoms with E-state index in [9.17, 15) is 14.7 Å². The van der Waals surface area contributed by atoms with Crippen LogP contribution in [0.25, 0.3) is 0 Å². The fraction of sp³-hybridized carbons (Fsp3) is 0.353. The quantitative estimate of drug-likeness (QED) is 0.923. The molecule has 0 aliphatic carbocycles. The highest BCUT2D eigenvalue weighted by Crippen LogP contribution is 2.25. The number of carboxylic acid groups (broad SMARTS) is 1. The second kappa shape index (κ2) is 6.28. The molecule has 1 amide bonds. The molecule has 6 nitrogen and oxygen atoms in total. The fourth-order valence-corrected chi connectivity index (χ4v) is 3.19. The number of carboxylic acids is 1. The number of rotatable bonds is 3. The fourth-order valence-electron chi connectivity index (χ4n) is 3.05. The number of carbonyl (C=O) groups is 2. The smallest absolute Gasteiger partial charge is 0.326 e. The van der Waals surface area contributed by atoms with E-state index in [0.29, 0.717) is 29.4 Å². The van der Waals surface area contributed by atoms with Crippen LogP contribution in [0, 0.1) is 13.8 Å². The van der Waals surface area contributed by atoms with Crippen molar-refractivity contribution in [3.05, 3.63) is 51.8 Å². The normalized spacial score (nSPS) is 16.8. The summed E-state index contributed by atoms with van der Waals surface area (Å²) in [5, 5.41) is 14.3. The van der Waals surface area contributed by atoms with Gasteiger partial charge in [-0.3, -0.25) is 9.48 Å². The molecule has 24 heavy (non-hydrogen) atoms. The summed E-state index contributed by atoms with van der Waals surface area (Å²) in [6.07, 6.45) is 0.315. The Morgan fingerprint density at radius 3 is 2.54 bits per heavy atom. The first-order chi connectivity index (χ1) is 11.4. The van der Waals surface area contributed by atoms with Gasteiger partial charge in [-0.15, -0.1) is 0 Å². The number of halogens is 1. The Morgan fingerprint density at radius 2 is 1.96 bits per heavy atom. The van der Waals surface area contributed by atoms with E-state index in [-0.39, 0.29) is 12.5 Å². The Bertz CT molecular complexity index is 815. The van der Waals surface area contributed by atoms with E-state index in [4.69, 9.17) is 11.6 Å². The molecule has 0 bridgehead atoms. The average Bonchev–Trinajstić information content (AvgIpc) is 2.80. The third-order valence-electron chi connectivity index (χ3n) is 4.43. The van der Waals surface area contributed by atoms with Crippen molar-refractivity contribution in [3.8, 4) is 0 Å². The standard InChI is InChI=1S/C17H18ClN3O3/c1-10-16(18)11(2)21(19-10)9-15(22)20-8-13-6-4-3-5-12(13)7-14(20)17(23)24/h3-6,14H,7-9H2,1-2H3,(H,23,24). The summed E-state index contributed by atoms with van der Waals surface area (Å²) in [6, 6.07) is 6.75. The van der Waals surface area contributed by atoms with Gasteiger partial charge in [0.2, 0.25) is 5.91 Å². The first kappa shape index (κ1) is 16.5. The SMILES string of the molecule is Cc1nn(CC(=O)N2Cc3ccccc3CC2C(=O)O)c(C)c1Cl. The number of aromatic nitrogens is 2. The van der Waals surface area contributed by atoms with Crippen molar-refractivity contribution in [1.82, 2.24) is 14.7 Å². The first-order valence-electron chi connectivity index (χ1n) is 7.67. The molecule has 3 rings (SSSR count). The molecule has 0 fully saturated rings. The van der Waals surface area contributed by atoms with Gasteiger partial charge >= 0.3 is 5.97 Å². The van der Waals surface area contributed by atoms with Crippen molar-refractivity contribution in [2.75, 3.05) is 0 Å². The van der Waals surface area contributed by atoms with Gasteiger partial charge in [-0.05, 0) is 25.0 Å². The lowest BCUT2D eigenvalue weighted by Gasteiger charge is -2.34. The summed E-state index contributed by atoms with van der Waals surface area (Å²) in [6.45, 7) is 3.83. The zero-order chi connectivity index (χ0) is 17.4. The maximum absolute atomic E-state index is 12.7. The van der Waals surface area contributed by atoms with E-state index in [1.165, 1.54) is 9.58 Å². The van der Waals surface area contributed by atoms with Gasteiger partial charge in [-0.2, -0.15) is 5.10 Å². The second-order valence-corrected chi connectivity index (χ2v) is 6.37. The topological polar surface area (TPSA) is 75.4 Å². The number of carbonyl (C=O) groups excluding carboxylic acids is 1. The van der Waals surface area contributed by atoms with Crippen LogP contribution in [-0.4, -0.2) is 37.7 Å². The van der Waals surface area contributed by atoms with Gasteiger partial charge in [0, 0.05) is 13.0 Å². The molecule has 0 saturated carbocycles. The number of aliphatic carboxylic acids is 1. The zero-order valence-corrected chi connectivity index (χ0v) is 14.2. The number of aryl methyl sites for hydroxylation is 1. The van der Waals surface area contributed by atoms with Gasteiger partial charge in [0.1, 0.15) is 12.6 Å². The highest BCUT2D eigenvalue weighted by molar-refractivity contribution is 6.31. The van der Waals surface area contributed by atoms with Gasteiger partial charge in [0.05, 0.1) is 16.4 Å². The largest absolute Gasteiger partial charge is 0.480 e. The Balaban J connectivity index is 1.87. The maximum Gasteiger partial charge on any atom is 0.326 e. The van der Waals surface area contributed by atoms with Crippen molar-refractivity contribution >= 4 is 23.5 Å². The summed E-state index contributed by atoms with van der Waals surface area (Å²) in [5.74, 6) is -1.27. The minimum absolute atomic E-state index is 0.0225. The molecule has 1 aliphatic heterocycles. The van der Waals surface area contributed by atoms with Crippen molar-refractivity contribution in [2.45, 2.75) is 39.4 Å². The highest BCUT2D eigenvalue weighted by Gasteiger charge is 2.34. The third-order valence-corrected chi connectivity index (χ3v) is 4.98. The highest BCUT2D eigenvalue weighted by atomic mass is 35.5. The van der Waals surface area contributed by atoms with Crippen LogP contribution < -0.4 is 0 Å². The number of amides is 1. The van der Waals surface area contributed by atoms with E-state index in [1.807, 2.05) is 24.3 Å². The number of benzene rings is 1. The van der Waals surface area contributed by atoms with Gasteiger partial charge in [-0.25, -0.2) is 4.79 Å². The van der Waals surface area contributed by atoms with E-state index in [2.05, 4.69) is 5.10 Å². The lowest BCUT2D eigenvalue weighted by molar-refractivity contribution is -0.151. The molecule has 7 heteroatoms. The number of nitrogens with zero attached hydrogens (tertiary/aromatic N) is 3. The maximum atomic E-state index is 12.7. The van der Waals surface area contributed by atoms with Gasteiger partial charge in [0.25, 0.3) is 0 Å². The zero-order valence-electron chi connectivity index (χ0n) is 13.5.